The van der Waals surface area contributed by atoms with Crippen LogP contribution >= 0.6 is 12.2 Å². The van der Waals surface area contributed by atoms with Gasteiger partial charge in [-0.05, 0) is 50.0 Å². The monoisotopic (exact) mass is 413 g/mol. The second-order valence-electron chi connectivity index (χ2n) is 6.79. The number of carbonyl (C=O) groups is 1. The van der Waals surface area contributed by atoms with Crippen molar-refractivity contribution in [2.24, 2.45) is 0 Å². The zero-order valence-corrected chi connectivity index (χ0v) is 17.3. The van der Waals surface area contributed by atoms with E-state index in [1.54, 1.807) is 16.8 Å². The van der Waals surface area contributed by atoms with Crippen molar-refractivity contribution in [1.82, 2.24) is 24.6 Å². The minimum atomic E-state index is -0.313. The third-order valence-corrected chi connectivity index (χ3v) is 4.71. The van der Waals surface area contributed by atoms with Crippen LogP contribution in [-0.4, -0.2) is 45.3 Å². The summed E-state index contributed by atoms with van der Waals surface area (Å²) in [5.74, 6) is 0.305. The van der Waals surface area contributed by atoms with E-state index in [1.165, 1.54) is 12.1 Å². The van der Waals surface area contributed by atoms with Crippen LogP contribution < -0.4 is 5.32 Å². The van der Waals surface area contributed by atoms with E-state index < -0.39 is 0 Å². The van der Waals surface area contributed by atoms with Gasteiger partial charge in [0, 0.05) is 12.1 Å². The van der Waals surface area contributed by atoms with Gasteiger partial charge in [0.15, 0.2) is 5.82 Å². The molecule has 0 atom stereocenters. The minimum Gasteiger partial charge on any atom is -0.355 e. The van der Waals surface area contributed by atoms with Gasteiger partial charge >= 0.3 is 0 Å². The second kappa shape index (κ2) is 9.58. The number of hydrogen-bond acceptors (Lipinski definition) is 4. The molecule has 0 radical (unpaired) electrons. The Hall–Kier alpha value is -2.84. The van der Waals surface area contributed by atoms with Crippen LogP contribution in [0.1, 0.15) is 13.3 Å². The average molecular weight is 414 g/mol. The second-order valence-corrected chi connectivity index (χ2v) is 7.15. The first kappa shape index (κ1) is 20.9. The van der Waals surface area contributed by atoms with E-state index in [-0.39, 0.29) is 18.3 Å². The van der Waals surface area contributed by atoms with Crippen molar-refractivity contribution in [3.05, 3.63) is 65.2 Å². The Labute approximate surface area is 174 Å². The summed E-state index contributed by atoms with van der Waals surface area (Å²) >= 11 is 5.67. The van der Waals surface area contributed by atoms with Crippen LogP contribution in [0.15, 0.2) is 54.6 Å². The van der Waals surface area contributed by atoms with Gasteiger partial charge in [-0.3, -0.25) is 14.3 Å². The van der Waals surface area contributed by atoms with Gasteiger partial charge in [-0.1, -0.05) is 37.3 Å². The first-order chi connectivity index (χ1) is 14.0. The lowest BCUT2D eigenvalue weighted by molar-refractivity contribution is -0.122. The molecule has 3 aromatic rings. The highest BCUT2D eigenvalue weighted by Gasteiger charge is 2.16. The lowest BCUT2D eigenvalue weighted by Gasteiger charge is -2.15. The first-order valence-electron chi connectivity index (χ1n) is 9.46. The van der Waals surface area contributed by atoms with E-state index in [9.17, 15) is 9.18 Å². The Bertz CT molecular complexity index is 1010. The molecule has 1 N–H and O–H groups in total. The van der Waals surface area contributed by atoms with Gasteiger partial charge in [0.2, 0.25) is 10.7 Å². The molecule has 0 fully saturated rings. The normalized spacial score (nSPS) is 11.0. The molecule has 1 aromatic heterocycles. The van der Waals surface area contributed by atoms with Gasteiger partial charge in [-0.25, -0.2) is 9.07 Å². The van der Waals surface area contributed by atoms with Crippen LogP contribution in [0, 0.1) is 10.6 Å². The Morgan fingerprint density at radius 3 is 2.52 bits per heavy atom. The highest BCUT2D eigenvalue weighted by atomic mass is 32.1. The summed E-state index contributed by atoms with van der Waals surface area (Å²) in [5.41, 5.74) is 1.62. The molecule has 0 saturated heterocycles. The van der Waals surface area contributed by atoms with Crippen molar-refractivity contribution in [3.8, 4) is 17.1 Å². The van der Waals surface area contributed by atoms with E-state index in [0.29, 0.717) is 23.8 Å². The molecule has 3 rings (SSSR count). The Kier molecular flexibility index (Phi) is 6.90. The molecule has 2 aromatic carbocycles. The van der Waals surface area contributed by atoms with Gasteiger partial charge in [0.05, 0.1) is 18.9 Å². The minimum absolute atomic E-state index is 0.0397. The lowest BCUT2D eigenvalue weighted by Crippen LogP contribution is -2.36. The summed E-state index contributed by atoms with van der Waals surface area (Å²) < 4.78 is 17.4. The van der Waals surface area contributed by atoms with E-state index in [4.69, 9.17) is 17.3 Å². The third kappa shape index (κ3) is 5.16. The summed E-state index contributed by atoms with van der Waals surface area (Å²) in [7, 11) is 1.84. The van der Waals surface area contributed by atoms with E-state index >= 15 is 0 Å². The van der Waals surface area contributed by atoms with Gasteiger partial charge in [-0.15, -0.1) is 5.10 Å². The molecule has 0 aliphatic carbocycles. The Morgan fingerprint density at radius 1 is 1.17 bits per heavy atom. The predicted octanol–water partition coefficient (Wildman–Crippen LogP) is 3.62. The molecule has 0 bridgehead atoms. The highest BCUT2D eigenvalue weighted by Crippen LogP contribution is 2.23. The summed E-state index contributed by atoms with van der Waals surface area (Å²) in [5, 5.41) is 7.56. The fourth-order valence-electron chi connectivity index (χ4n) is 2.94. The maximum absolute atomic E-state index is 13.4. The quantitative estimate of drug-likeness (QED) is 0.573. The van der Waals surface area contributed by atoms with Crippen molar-refractivity contribution in [3.63, 3.8) is 0 Å². The van der Waals surface area contributed by atoms with E-state index in [0.717, 1.165) is 17.7 Å². The smallest absolute Gasteiger partial charge is 0.234 e. The summed E-state index contributed by atoms with van der Waals surface area (Å²) in [6.07, 6.45) is 0.892. The maximum atomic E-state index is 13.4. The number of carbonyl (C=O) groups excluding carboxylic acids is 1. The molecule has 0 saturated carbocycles. The molecule has 1 heterocycles. The molecule has 0 aliphatic heterocycles. The number of aromatic nitrogens is 3. The largest absolute Gasteiger partial charge is 0.355 e. The zero-order chi connectivity index (χ0) is 20.8. The van der Waals surface area contributed by atoms with Gasteiger partial charge < -0.3 is 5.32 Å². The van der Waals surface area contributed by atoms with Crippen LogP contribution in [0.25, 0.3) is 17.1 Å². The summed E-state index contributed by atoms with van der Waals surface area (Å²) in [6, 6.07) is 15.8. The molecule has 6 nitrogen and oxygen atoms in total. The fourth-order valence-corrected chi connectivity index (χ4v) is 3.23. The maximum Gasteiger partial charge on any atom is 0.234 e. The van der Waals surface area contributed by atoms with E-state index in [2.05, 4.69) is 5.32 Å². The Morgan fingerprint density at radius 2 is 1.86 bits per heavy atom. The Balaban J connectivity index is 1.94. The number of amides is 1. The molecular weight excluding hydrogens is 389 g/mol. The van der Waals surface area contributed by atoms with Crippen molar-refractivity contribution >= 4 is 18.1 Å². The number of halogens is 1. The predicted molar refractivity (Wildman–Crippen MR) is 114 cm³/mol. The standard InChI is InChI=1S/C21H24FN5OS/c1-3-13-23-19(28)14-25(2)15-26-21(29)27(18-11-9-17(22)10-12-18)20(24-26)16-7-5-4-6-8-16/h4-12H,3,13-15H2,1-2H3,(H,23,28). The van der Waals surface area contributed by atoms with Crippen molar-refractivity contribution in [2.45, 2.75) is 20.0 Å². The first-order valence-corrected chi connectivity index (χ1v) is 9.87. The molecule has 8 heteroatoms. The number of nitrogens with zero attached hydrogens (tertiary/aromatic N) is 4. The molecule has 29 heavy (non-hydrogen) atoms. The van der Waals surface area contributed by atoms with Gasteiger partial charge in [0.25, 0.3) is 0 Å². The van der Waals surface area contributed by atoms with Gasteiger partial charge in [-0.2, -0.15) is 0 Å². The number of hydrogen-bond donors (Lipinski definition) is 1. The fraction of sp³-hybridized carbons (Fsp3) is 0.286. The van der Waals surface area contributed by atoms with Crippen LogP contribution in [-0.2, 0) is 11.5 Å². The van der Waals surface area contributed by atoms with Crippen LogP contribution in [0.3, 0.4) is 0 Å². The SMILES string of the molecule is CCCNC(=O)CN(C)Cn1nc(-c2ccccc2)n(-c2ccc(F)cc2)c1=S. The number of nitrogens with one attached hydrogen (secondary N) is 1. The molecule has 1 amide bonds. The lowest BCUT2D eigenvalue weighted by atomic mass is 10.2. The number of benzene rings is 2. The molecular formula is C21H24FN5OS. The van der Waals surface area contributed by atoms with Crippen LogP contribution in [0.5, 0.6) is 0 Å². The topological polar surface area (TPSA) is 55.1 Å². The number of rotatable bonds is 8. The van der Waals surface area contributed by atoms with Crippen LogP contribution in [0.4, 0.5) is 4.39 Å². The summed E-state index contributed by atoms with van der Waals surface area (Å²) in [4.78, 5) is 13.8. The van der Waals surface area contributed by atoms with Crippen molar-refractivity contribution < 1.29 is 9.18 Å². The molecule has 0 spiro atoms. The summed E-state index contributed by atoms with van der Waals surface area (Å²) in [6.45, 7) is 3.26. The van der Waals surface area contributed by atoms with Crippen molar-refractivity contribution in [2.75, 3.05) is 20.1 Å². The van der Waals surface area contributed by atoms with Crippen molar-refractivity contribution in [1.29, 1.82) is 0 Å². The molecule has 0 aliphatic rings. The zero-order valence-electron chi connectivity index (χ0n) is 16.5. The molecule has 152 valence electrons. The van der Waals surface area contributed by atoms with Gasteiger partial charge in [0.1, 0.15) is 5.82 Å². The van der Waals surface area contributed by atoms with Crippen LogP contribution in [0.2, 0.25) is 0 Å². The third-order valence-electron chi connectivity index (χ3n) is 4.32. The average Bonchev–Trinajstić information content (AvgIpc) is 3.03. The highest BCUT2D eigenvalue weighted by molar-refractivity contribution is 7.71. The molecule has 0 unspecified atom stereocenters. The van der Waals surface area contributed by atoms with E-state index in [1.807, 2.05) is 53.8 Å². The number of likely N-dealkylation sites (N-methyl/N-ethyl adjacent to an activating group) is 1.